The molecule has 2 aliphatic rings. The van der Waals surface area contributed by atoms with Crippen molar-refractivity contribution < 1.29 is 14.0 Å². The minimum Gasteiger partial charge on any atom is -0.296 e. The van der Waals surface area contributed by atoms with Crippen LogP contribution >= 0.6 is 0 Å². The van der Waals surface area contributed by atoms with Gasteiger partial charge in [-0.25, -0.2) is 4.39 Å². The molecule has 1 aromatic rings. The summed E-state index contributed by atoms with van der Waals surface area (Å²) in [6.45, 7) is 0. The summed E-state index contributed by atoms with van der Waals surface area (Å²) >= 11 is 0. The third-order valence-electron chi connectivity index (χ3n) is 3.56. The van der Waals surface area contributed by atoms with Gasteiger partial charge in [-0.3, -0.25) is 14.9 Å². The van der Waals surface area contributed by atoms with E-state index in [4.69, 9.17) is 0 Å². The van der Waals surface area contributed by atoms with Crippen molar-refractivity contribution >= 4 is 11.8 Å². The highest BCUT2D eigenvalue weighted by Gasteiger charge is 2.51. The zero-order valence-electron chi connectivity index (χ0n) is 8.55. The Labute approximate surface area is 91.6 Å². The van der Waals surface area contributed by atoms with Gasteiger partial charge < -0.3 is 0 Å². The van der Waals surface area contributed by atoms with Gasteiger partial charge in [0.05, 0.1) is 5.41 Å². The number of nitrogens with one attached hydrogen (secondary N) is 1. The number of aryl methyl sites for hydroxylation is 1. The first-order valence-corrected chi connectivity index (χ1v) is 5.25. The Morgan fingerprint density at radius 3 is 2.81 bits per heavy atom. The van der Waals surface area contributed by atoms with Crippen molar-refractivity contribution in [1.29, 1.82) is 0 Å². The van der Waals surface area contributed by atoms with Gasteiger partial charge in [0.1, 0.15) is 5.82 Å². The van der Waals surface area contributed by atoms with Crippen molar-refractivity contribution in [3.8, 4) is 0 Å². The maximum atomic E-state index is 13.2. The average Bonchev–Trinajstić information content (AvgIpc) is 2.71. The standard InChI is InChI=1S/C12H10FNO2/c13-8-2-1-7-3-4-12(9(7)5-8)6-10(15)14-11(12)16/h1-2,5H,3-4,6H2,(H,14,15,16). The van der Waals surface area contributed by atoms with Crippen LogP contribution in [0.15, 0.2) is 18.2 Å². The van der Waals surface area contributed by atoms with Crippen molar-refractivity contribution in [2.75, 3.05) is 0 Å². The molecule has 82 valence electrons. The summed E-state index contributed by atoms with van der Waals surface area (Å²) in [7, 11) is 0. The second-order valence-corrected chi connectivity index (χ2v) is 4.44. The molecule has 1 N–H and O–H groups in total. The molecule has 1 fully saturated rings. The molecule has 0 bridgehead atoms. The largest absolute Gasteiger partial charge is 0.296 e. The van der Waals surface area contributed by atoms with Gasteiger partial charge in [-0.2, -0.15) is 0 Å². The number of carbonyl (C=O) groups excluding carboxylic acids is 2. The summed E-state index contributed by atoms with van der Waals surface area (Å²) in [6.07, 6.45) is 1.49. The van der Waals surface area contributed by atoms with Crippen LogP contribution in [0.1, 0.15) is 24.0 Å². The zero-order valence-corrected chi connectivity index (χ0v) is 8.55. The summed E-state index contributed by atoms with van der Waals surface area (Å²) in [5.41, 5.74) is 0.872. The molecule has 1 atom stereocenters. The predicted octanol–water partition coefficient (Wildman–Crippen LogP) is 1.06. The molecule has 4 heteroatoms. The average molecular weight is 219 g/mol. The van der Waals surface area contributed by atoms with E-state index in [0.717, 1.165) is 12.0 Å². The lowest BCUT2D eigenvalue weighted by molar-refractivity contribution is -0.126. The zero-order chi connectivity index (χ0) is 11.3. The molecule has 0 radical (unpaired) electrons. The molecule has 0 saturated carbocycles. The summed E-state index contributed by atoms with van der Waals surface area (Å²) in [4.78, 5) is 23.1. The lowest BCUT2D eigenvalue weighted by Gasteiger charge is -2.19. The number of halogens is 1. The number of imide groups is 1. The van der Waals surface area contributed by atoms with Crippen molar-refractivity contribution in [2.24, 2.45) is 0 Å². The number of rotatable bonds is 0. The first-order valence-electron chi connectivity index (χ1n) is 5.25. The quantitative estimate of drug-likeness (QED) is 0.663. The molecular formula is C12H10FNO2. The highest BCUT2D eigenvalue weighted by molar-refractivity contribution is 6.09. The Hall–Kier alpha value is -1.71. The first kappa shape index (κ1) is 9.51. The molecular weight excluding hydrogens is 209 g/mol. The van der Waals surface area contributed by atoms with Crippen LogP contribution in [0, 0.1) is 5.82 Å². The number of amides is 2. The summed E-state index contributed by atoms with van der Waals surface area (Å²) in [5, 5.41) is 2.31. The van der Waals surface area contributed by atoms with E-state index in [1.165, 1.54) is 12.1 Å². The molecule has 1 heterocycles. The maximum Gasteiger partial charge on any atom is 0.237 e. The van der Waals surface area contributed by atoms with E-state index in [1.54, 1.807) is 6.07 Å². The highest BCUT2D eigenvalue weighted by Crippen LogP contribution is 2.44. The molecule has 1 spiro atoms. The van der Waals surface area contributed by atoms with Crippen LogP contribution in [-0.2, 0) is 21.4 Å². The van der Waals surface area contributed by atoms with E-state index >= 15 is 0 Å². The van der Waals surface area contributed by atoms with Gasteiger partial charge in [0.2, 0.25) is 11.8 Å². The fraction of sp³-hybridized carbons (Fsp3) is 0.333. The third-order valence-corrected chi connectivity index (χ3v) is 3.56. The van der Waals surface area contributed by atoms with Crippen molar-refractivity contribution in [3.63, 3.8) is 0 Å². The molecule has 1 saturated heterocycles. The van der Waals surface area contributed by atoms with Gasteiger partial charge in [0.25, 0.3) is 0 Å². The van der Waals surface area contributed by atoms with E-state index in [1.807, 2.05) is 0 Å². The van der Waals surface area contributed by atoms with E-state index in [9.17, 15) is 14.0 Å². The highest BCUT2D eigenvalue weighted by atomic mass is 19.1. The van der Waals surface area contributed by atoms with E-state index in [0.29, 0.717) is 12.0 Å². The smallest absolute Gasteiger partial charge is 0.237 e. The Balaban J connectivity index is 2.18. The Morgan fingerprint density at radius 2 is 2.12 bits per heavy atom. The Kier molecular flexibility index (Phi) is 1.73. The number of carbonyl (C=O) groups is 2. The van der Waals surface area contributed by atoms with Gasteiger partial charge >= 0.3 is 0 Å². The molecule has 1 aliphatic heterocycles. The fourth-order valence-electron chi connectivity index (χ4n) is 2.76. The Morgan fingerprint density at radius 1 is 1.31 bits per heavy atom. The molecule has 1 aromatic carbocycles. The van der Waals surface area contributed by atoms with Gasteiger partial charge in [-0.15, -0.1) is 0 Å². The summed E-state index contributed by atoms with van der Waals surface area (Å²) in [6, 6.07) is 4.49. The van der Waals surface area contributed by atoms with Crippen LogP contribution in [-0.4, -0.2) is 11.8 Å². The molecule has 1 aliphatic carbocycles. The van der Waals surface area contributed by atoms with Crippen LogP contribution < -0.4 is 5.32 Å². The second kappa shape index (κ2) is 2.90. The van der Waals surface area contributed by atoms with E-state index in [-0.39, 0.29) is 24.1 Å². The Bertz CT molecular complexity index is 512. The van der Waals surface area contributed by atoms with Crippen LogP contribution in [0.4, 0.5) is 4.39 Å². The monoisotopic (exact) mass is 219 g/mol. The molecule has 16 heavy (non-hydrogen) atoms. The number of hydrogen-bond donors (Lipinski definition) is 1. The molecule has 2 amide bonds. The van der Waals surface area contributed by atoms with Gasteiger partial charge in [-0.1, -0.05) is 6.07 Å². The van der Waals surface area contributed by atoms with Crippen LogP contribution in [0.25, 0.3) is 0 Å². The van der Waals surface area contributed by atoms with Crippen molar-refractivity contribution in [1.82, 2.24) is 5.32 Å². The van der Waals surface area contributed by atoms with Crippen LogP contribution in [0.5, 0.6) is 0 Å². The van der Waals surface area contributed by atoms with E-state index in [2.05, 4.69) is 5.32 Å². The van der Waals surface area contributed by atoms with E-state index < -0.39 is 5.41 Å². The molecule has 1 unspecified atom stereocenters. The number of hydrogen-bond acceptors (Lipinski definition) is 2. The van der Waals surface area contributed by atoms with Gasteiger partial charge in [0, 0.05) is 6.42 Å². The first-order chi connectivity index (χ1) is 7.62. The normalized spacial score (nSPS) is 27.3. The minimum absolute atomic E-state index is 0.155. The van der Waals surface area contributed by atoms with Crippen molar-refractivity contribution in [3.05, 3.63) is 35.1 Å². The maximum absolute atomic E-state index is 13.2. The predicted molar refractivity (Wildman–Crippen MR) is 54.2 cm³/mol. The third kappa shape index (κ3) is 1.07. The molecule has 0 aromatic heterocycles. The van der Waals surface area contributed by atoms with Crippen molar-refractivity contribution in [2.45, 2.75) is 24.7 Å². The molecule has 3 nitrogen and oxygen atoms in total. The SMILES string of the molecule is O=C1CC2(CCc3ccc(F)cc32)C(=O)N1. The van der Waals surface area contributed by atoms with Crippen LogP contribution in [0.2, 0.25) is 0 Å². The second-order valence-electron chi connectivity index (χ2n) is 4.44. The summed E-state index contributed by atoms with van der Waals surface area (Å²) < 4.78 is 13.2. The summed E-state index contributed by atoms with van der Waals surface area (Å²) in [5.74, 6) is -0.892. The molecule has 3 rings (SSSR count). The van der Waals surface area contributed by atoms with Gasteiger partial charge in [0.15, 0.2) is 0 Å². The lowest BCUT2D eigenvalue weighted by atomic mass is 9.80. The number of fused-ring (bicyclic) bond motifs is 2. The van der Waals surface area contributed by atoms with Gasteiger partial charge in [-0.05, 0) is 36.1 Å². The minimum atomic E-state index is -0.797. The lowest BCUT2D eigenvalue weighted by Crippen LogP contribution is -2.33. The topological polar surface area (TPSA) is 46.2 Å². The number of benzene rings is 1. The van der Waals surface area contributed by atoms with Crippen LogP contribution in [0.3, 0.4) is 0 Å². The fourth-order valence-corrected chi connectivity index (χ4v) is 2.76.